The molecule has 0 atom stereocenters. The lowest BCUT2D eigenvalue weighted by Crippen LogP contribution is -2.35. The smallest absolute Gasteiger partial charge is 0.243 e. The topological polar surface area (TPSA) is 58.6 Å². The van der Waals surface area contributed by atoms with Crippen molar-refractivity contribution in [3.05, 3.63) is 29.8 Å². The third-order valence-corrected chi connectivity index (χ3v) is 5.55. The Kier molecular flexibility index (Phi) is 5.75. The van der Waals surface area contributed by atoms with E-state index in [9.17, 15) is 8.42 Å². The minimum absolute atomic E-state index is 0.145. The molecular formula is C15H24N2O3S. The predicted octanol–water partition coefficient (Wildman–Crippen LogP) is 1.60. The van der Waals surface area contributed by atoms with Crippen LogP contribution in [0.1, 0.15) is 25.3 Å². The first kappa shape index (κ1) is 16.4. The number of rotatable bonds is 9. The van der Waals surface area contributed by atoms with Crippen LogP contribution in [0.3, 0.4) is 0 Å². The van der Waals surface area contributed by atoms with Crippen LogP contribution in [0, 0.1) is 0 Å². The van der Waals surface area contributed by atoms with Crippen molar-refractivity contribution >= 4 is 10.0 Å². The summed E-state index contributed by atoms with van der Waals surface area (Å²) >= 11 is 0. The van der Waals surface area contributed by atoms with E-state index in [1.54, 1.807) is 23.5 Å². The van der Waals surface area contributed by atoms with E-state index in [1.165, 1.54) is 0 Å². The number of sulfonamides is 1. The van der Waals surface area contributed by atoms with Gasteiger partial charge in [-0.15, -0.1) is 0 Å². The van der Waals surface area contributed by atoms with Crippen molar-refractivity contribution in [3.8, 4) is 0 Å². The summed E-state index contributed by atoms with van der Waals surface area (Å²) in [4.78, 5) is 0.366. The quantitative estimate of drug-likeness (QED) is 0.752. The number of hydrogen-bond donors (Lipinski definition) is 1. The van der Waals surface area contributed by atoms with E-state index in [2.05, 4.69) is 5.32 Å². The second-order valence-electron chi connectivity index (χ2n) is 5.26. The summed E-state index contributed by atoms with van der Waals surface area (Å²) in [6.45, 7) is 4.54. The zero-order chi connectivity index (χ0) is 15.3. The third-order valence-electron chi connectivity index (χ3n) is 3.58. The first-order valence-electron chi connectivity index (χ1n) is 7.40. The van der Waals surface area contributed by atoms with Gasteiger partial charge in [0.15, 0.2) is 0 Å². The Labute approximate surface area is 127 Å². The second-order valence-corrected chi connectivity index (χ2v) is 7.15. The normalized spacial score (nSPS) is 15.6. The van der Waals surface area contributed by atoms with Crippen molar-refractivity contribution in [1.82, 2.24) is 9.62 Å². The molecule has 0 aliphatic heterocycles. The van der Waals surface area contributed by atoms with Gasteiger partial charge in [0.1, 0.15) is 0 Å². The van der Waals surface area contributed by atoms with Crippen molar-refractivity contribution in [2.75, 3.05) is 26.8 Å². The standard InChI is InChI=1S/C15H24N2O3S/c1-3-16-12-13-4-8-15(9-5-13)21(18,19)17(10-11-20-2)14-6-7-14/h4-5,8-9,14,16H,3,6-7,10-12H2,1-2H3. The van der Waals surface area contributed by atoms with E-state index in [4.69, 9.17) is 4.74 Å². The van der Waals surface area contributed by atoms with Gasteiger partial charge in [-0.3, -0.25) is 0 Å². The van der Waals surface area contributed by atoms with Crippen LogP contribution in [-0.2, 0) is 21.3 Å². The van der Waals surface area contributed by atoms with Gasteiger partial charge in [0.05, 0.1) is 11.5 Å². The Morgan fingerprint density at radius 2 is 1.95 bits per heavy atom. The predicted molar refractivity (Wildman–Crippen MR) is 82.6 cm³/mol. The summed E-state index contributed by atoms with van der Waals surface area (Å²) < 4.78 is 32.0. The van der Waals surface area contributed by atoms with E-state index < -0.39 is 10.0 Å². The molecule has 118 valence electrons. The molecule has 1 fully saturated rings. The molecule has 1 saturated carbocycles. The number of nitrogens with zero attached hydrogens (tertiary/aromatic N) is 1. The van der Waals surface area contributed by atoms with Crippen LogP contribution in [0.25, 0.3) is 0 Å². The molecule has 1 aliphatic carbocycles. The van der Waals surface area contributed by atoms with Crippen LogP contribution >= 0.6 is 0 Å². The zero-order valence-corrected chi connectivity index (χ0v) is 13.5. The molecule has 0 bridgehead atoms. The van der Waals surface area contributed by atoms with Gasteiger partial charge in [-0.2, -0.15) is 4.31 Å². The van der Waals surface area contributed by atoms with Crippen molar-refractivity contribution in [2.24, 2.45) is 0 Å². The van der Waals surface area contributed by atoms with Gasteiger partial charge in [0, 0.05) is 26.2 Å². The monoisotopic (exact) mass is 312 g/mol. The maximum absolute atomic E-state index is 12.7. The summed E-state index contributed by atoms with van der Waals surface area (Å²) in [6, 6.07) is 7.29. The number of benzene rings is 1. The Bertz CT molecular complexity index is 539. The van der Waals surface area contributed by atoms with Gasteiger partial charge in [-0.25, -0.2) is 8.42 Å². The highest BCUT2D eigenvalue weighted by Crippen LogP contribution is 2.31. The van der Waals surface area contributed by atoms with Crippen molar-refractivity contribution < 1.29 is 13.2 Å². The van der Waals surface area contributed by atoms with E-state index in [-0.39, 0.29) is 6.04 Å². The van der Waals surface area contributed by atoms with Gasteiger partial charge in [0.25, 0.3) is 0 Å². The van der Waals surface area contributed by atoms with Crippen LogP contribution in [0.2, 0.25) is 0 Å². The molecule has 0 amide bonds. The fourth-order valence-corrected chi connectivity index (χ4v) is 3.90. The lowest BCUT2D eigenvalue weighted by Gasteiger charge is -2.21. The molecule has 5 nitrogen and oxygen atoms in total. The van der Waals surface area contributed by atoms with E-state index in [0.717, 1.165) is 31.5 Å². The summed E-state index contributed by atoms with van der Waals surface area (Å²) in [7, 11) is -1.82. The molecular weight excluding hydrogens is 288 g/mol. The number of nitrogens with one attached hydrogen (secondary N) is 1. The van der Waals surface area contributed by atoms with Gasteiger partial charge >= 0.3 is 0 Å². The minimum Gasteiger partial charge on any atom is -0.383 e. The van der Waals surface area contributed by atoms with E-state index >= 15 is 0 Å². The molecule has 1 aromatic carbocycles. The molecule has 0 radical (unpaired) electrons. The highest BCUT2D eigenvalue weighted by atomic mass is 32.2. The van der Waals surface area contributed by atoms with Gasteiger partial charge in [-0.05, 0) is 37.1 Å². The maximum Gasteiger partial charge on any atom is 0.243 e. The minimum atomic E-state index is -3.41. The van der Waals surface area contributed by atoms with Crippen molar-refractivity contribution in [2.45, 2.75) is 37.2 Å². The Morgan fingerprint density at radius 1 is 1.29 bits per heavy atom. The highest BCUT2D eigenvalue weighted by Gasteiger charge is 2.37. The molecule has 1 aromatic rings. The van der Waals surface area contributed by atoms with Gasteiger partial charge < -0.3 is 10.1 Å². The number of methoxy groups -OCH3 is 1. The molecule has 0 unspecified atom stereocenters. The fraction of sp³-hybridized carbons (Fsp3) is 0.600. The summed E-state index contributed by atoms with van der Waals surface area (Å²) in [6.07, 6.45) is 1.89. The lowest BCUT2D eigenvalue weighted by atomic mass is 10.2. The summed E-state index contributed by atoms with van der Waals surface area (Å²) in [5.41, 5.74) is 1.09. The lowest BCUT2D eigenvalue weighted by molar-refractivity contribution is 0.177. The van der Waals surface area contributed by atoms with Crippen LogP contribution < -0.4 is 5.32 Å². The summed E-state index contributed by atoms with van der Waals surface area (Å²) in [5.74, 6) is 0. The zero-order valence-electron chi connectivity index (χ0n) is 12.7. The average molecular weight is 312 g/mol. The van der Waals surface area contributed by atoms with Crippen LogP contribution in [0.15, 0.2) is 29.2 Å². The van der Waals surface area contributed by atoms with Crippen LogP contribution in [0.5, 0.6) is 0 Å². The van der Waals surface area contributed by atoms with Gasteiger partial charge in [-0.1, -0.05) is 19.1 Å². The third kappa shape index (κ3) is 4.26. The molecule has 0 saturated heterocycles. The molecule has 6 heteroatoms. The van der Waals surface area contributed by atoms with Crippen LogP contribution in [-0.4, -0.2) is 45.6 Å². The highest BCUT2D eigenvalue weighted by molar-refractivity contribution is 7.89. The molecule has 21 heavy (non-hydrogen) atoms. The first-order valence-corrected chi connectivity index (χ1v) is 8.84. The maximum atomic E-state index is 12.7. The SMILES string of the molecule is CCNCc1ccc(S(=O)(=O)N(CCOC)C2CC2)cc1. The van der Waals surface area contributed by atoms with Crippen LogP contribution in [0.4, 0.5) is 0 Å². The largest absolute Gasteiger partial charge is 0.383 e. The molecule has 0 heterocycles. The second kappa shape index (κ2) is 7.35. The number of ether oxygens (including phenoxy) is 1. The molecule has 0 aromatic heterocycles. The molecule has 2 rings (SSSR count). The first-order chi connectivity index (χ1) is 10.1. The Balaban J connectivity index is 2.13. The number of hydrogen-bond acceptors (Lipinski definition) is 4. The molecule has 1 aliphatic rings. The fourth-order valence-electron chi connectivity index (χ4n) is 2.23. The van der Waals surface area contributed by atoms with Crippen molar-refractivity contribution in [1.29, 1.82) is 0 Å². The summed E-state index contributed by atoms with van der Waals surface area (Å²) in [5, 5.41) is 3.23. The molecule has 0 spiro atoms. The Hall–Kier alpha value is -0.950. The Morgan fingerprint density at radius 3 is 2.48 bits per heavy atom. The molecule has 1 N–H and O–H groups in total. The van der Waals surface area contributed by atoms with Gasteiger partial charge in [0.2, 0.25) is 10.0 Å². The average Bonchev–Trinajstić information content (AvgIpc) is 3.30. The van der Waals surface area contributed by atoms with Crippen molar-refractivity contribution in [3.63, 3.8) is 0 Å². The van der Waals surface area contributed by atoms with E-state index in [0.29, 0.717) is 18.0 Å². The van der Waals surface area contributed by atoms with E-state index in [1.807, 2.05) is 19.1 Å².